The summed E-state index contributed by atoms with van der Waals surface area (Å²) in [6.45, 7) is 6.09. The minimum atomic E-state index is -0.465. The topological polar surface area (TPSA) is 50.9 Å². The predicted octanol–water partition coefficient (Wildman–Crippen LogP) is 2.41. The van der Waals surface area contributed by atoms with Gasteiger partial charge in [0.1, 0.15) is 0 Å². The lowest BCUT2D eigenvalue weighted by molar-refractivity contribution is 0.166. The van der Waals surface area contributed by atoms with Crippen LogP contribution < -0.4 is 0 Å². The van der Waals surface area contributed by atoms with Crippen molar-refractivity contribution in [2.75, 3.05) is 0 Å². The summed E-state index contributed by atoms with van der Waals surface area (Å²) in [5.74, 6) is 0. The van der Waals surface area contributed by atoms with E-state index in [0.717, 1.165) is 23.2 Å². The first kappa shape index (κ1) is 13.7. The van der Waals surface area contributed by atoms with E-state index in [1.165, 1.54) is 11.3 Å². The van der Waals surface area contributed by atoms with Crippen molar-refractivity contribution in [2.24, 2.45) is 7.05 Å². The lowest BCUT2D eigenvalue weighted by Crippen LogP contribution is -2.03. The Morgan fingerprint density at radius 1 is 1.32 bits per heavy atom. The quantitative estimate of drug-likeness (QED) is 0.917. The van der Waals surface area contributed by atoms with Crippen LogP contribution in [0.2, 0.25) is 0 Å². The van der Waals surface area contributed by atoms with Gasteiger partial charge in [-0.3, -0.25) is 9.67 Å². The summed E-state index contributed by atoms with van der Waals surface area (Å²) in [6.07, 6.45) is 4.57. The molecule has 4 heteroatoms. The number of pyridine rings is 1. The maximum atomic E-state index is 10.3. The lowest BCUT2D eigenvalue weighted by Gasteiger charge is -2.13. The zero-order chi connectivity index (χ0) is 14.0. The molecule has 0 saturated carbocycles. The number of hydrogen-bond acceptors (Lipinski definition) is 3. The third-order valence-corrected chi connectivity index (χ3v) is 3.77. The van der Waals surface area contributed by atoms with Crippen molar-refractivity contribution in [3.63, 3.8) is 0 Å². The van der Waals surface area contributed by atoms with Gasteiger partial charge in [-0.25, -0.2) is 0 Å². The Balaban J connectivity index is 2.09. The van der Waals surface area contributed by atoms with E-state index in [-0.39, 0.29) is 0 Å². The highest BCUT2D eigenvalue weighted by atomic mass is 16.3. The highest BCUT2D eigenvalue weighted by Gasteiger charge is 2.14. The maximum absolute atomic E-state index is 10.3. The summed E-state index contributed by atoms with van der Waals surface area (Å²) in [7, 11) is 1.95. The normalized spacial score (nSPS) is 12.7. The van der Waals surface area contributed by atoms with Crippen LogP contribution in [0.4, 0.5) is 0 Å². The van der Waals surface area contributed by atoms with Crippen LogP contribution in [0.15, 0.2) is 18.5 Å². The van der Waals surface area contributed by atoms with E-state index in [2.05, 4.69) is 17.0 Å². The van der Waals surface area contributed by atoms with Crippen molar-refractivity contribution in [3.8, 4) is 0 Å². The van der Waals surface area contributed by atoms with Gasteiger partial charge in [0.05, 0.1) is 11.8 Å². The molecule has 2 aromatic rings. The van der Waals surface area contributed by atoms with E-state index in [4.69, 9.17) is 0 Å². The van der Waals surface area contributed by atoms with Gasteiger partial charge in [-0.05, 0) is 50.8 Å². The Morgan fingerprint density at radius 2 is 2.05 bits per heavy atom. The molecule has 2 rings (SSSR count). The Hall–Kier alpha value is -1.68. The SMILES string of the molecule is Cc1ccncc1C(O)CCc1c(C)nn(C)c1C. The first-order valence-electron chi connectivity index (χ1n) is 6.58. The molecule has 4 nitrogen and oxygen atoms in total. The van der Waals surface area contributed by atoms with E-state index < -0.39 is 6.10 Å². The van der Waals surface area contributed by atoms with Crippen molar-refractivity contribution in [3.05, 3.63) is 46.5 Å². The Kier molecular flexibility index (Phi) is 4.00. The highest BCUT2D eigenvalue weighted by molar-refractivity contribution is 5.27. The number of aryl methyl sites for hydroxylation is 3. The Labute approximate surface area is 114 Å². The molecule has 1 atom stereocenters. The molecule has 1 unspecified atom stereocenters. The molecule has 1 N–H and O–H groups in total. The van der Waals surface area contributed by atoms with Crippen LogP contribution in [0.25, 0.3) is 0 Å². The van der Waals surface area contributed by atoms with Gasteiger partial charge in [0, 0.05) is 30.7 Å². The number of aliphatic hydroxyl groups is 1. The molecule has 102 valence electrons. The van der Waals surface area contributed by atoms with Crippen molar-refractivity contribution >= 4 is 0 Å². The average Bonchev–Trinajstić information content (AvgIpc) is 2.61. The van der Waals surface area contributed by atoms with E-state index >= 15 is 0 Å². The van der Waals surface area contributed by atoms with Crippen molar-refractivity contribution in [1.29, 1.82) is 0 Å². The number of rotatable bonds is 4. The maximum Gasteiger partial charge on any atom is 0.0810 e. The number of nitrogens with zero attached hydrogens (tertiary/aromatic N) is 3. The fraction of sp³-hybridized carbons (Fsp3) is 0.467. The van der Waals surface area contributed by atoms with Crippen molar-refractivity contribution < 1.29 is 5.11 Å². The number of hydrogen-bond donors (Lipinski definition) is 1. The van der Waals surface area contributed by atoms with E-state index in [1.807, 2.05) is 31.6 Å². The van der Waals surface area contributed by atoms with Gasteiger partial charge < -0.3 is 5.11 Å². The number of aromatic nitrogens is 3. The molecular formula is C15H21N3O. The Bertz CT molecular complexity index is 575. The van der Waals surface area contributed by atoms with Crippen LogP contribution in [0.5, 0.6) is 0 Å². The Morgan fingerprint density at radius 3 is 2.63 bits per heavy atom. The third kappa shape index (κ3) is 2.84. The minimum absolute atomic E-state index is 0.465. The minimum Gasteiger partial charge on any atom is -0.388 e. The third-order valence-electron chi connectivity index (χ3n) is 3.77. The van der Waals surface area contributed by atoms with Crippen LogP contribution in [0.3, 0.4) is 0 Å². The second-order valence-electron chi connectivity index (χ2n) is 5.06. The molecule has 0 aromatic carbocycles. The molecule has 0 radical (unpaired) electrons. The smallest absolute Gasteiger partial charge is 0.0810 e. The zero-order valence-corrected chi connectivity index (χ0v) is 12.0. The molecule has 0 amide bonds. The summed E-state index contributed by atoms with van der Waals surface area (Å²) in [4.78, 5) is 4.08. The molecule has 19 heavy (non-hydrogen) atoms. The molecule has 0 spiro atoms. The second kappa shape index (κ2) is 5.53. The van der Waals surface area contributed by atoms with Crippen LogP contribution in [-0.2, 0) is 13.5 Å². The van der Waals surface area contributed by atoms with Gasteiger partial charge in [-0.1, -0.05) is 0 Å². The van der Waals surface area contributed by atoms with Gasteiger partial charge in [0.25, 0.3) is 0 Å². The van der Waals surface area contributed by atoms with E-state index in [9.17, 15) is 5.11 Å². The average molecular weight is 259 g/mol. The lowest BCUT2D eigenvalue weighted by atomic mass is 9.99. The summed E-state index contributed by atoms with van der Waals surface area (Å²) >= 11 is 0. The molecule has 0 aliphatic heterocycles. The van der Waals surface area contributed by atoms with Crippen LogP contribution in [0.1, 0.15) is 40.6 Å². The molecule has 2 aromatic heterocycles. The molecule has 2 heterocycles. The van der Waals surface area contributed by atoms with Gasteiger partial charge >= 0.3 is 0 Å². The summed E-state index contributed by atoms with van der Waals surface area (Å²) in [5.41, 5.74) is 5.47. The van der Waals surface area contributed by atoms with Crippen LogP contribution >= 0.6 is 0 Å². The summed E-state index contributed by atoms with van der Waals surface area (Å²) in [6, 6.07) is 1.93. The van der Waals surface area contributed by atoms with Gasteiger partial charge in [0.15, 0.2) is 0 Å². The first-order valence-corrected chi connectivity index (χ1v) is 6.58. The van der Waals surface area contributed by atoms with Gasteiger partial charge in [-0.15, -0.1) is 0 Å². The number of aliphatic hydroxyl groups excluding tert-OH is 1. The monoisotopic (exact) mass is 259 g/mol. The molecule has 0 saturated heterocycles. The standard InChI is InChI=1S/C15H21N3O/c1-10-7-8-16-9-14(10)15(19)6-5-13-11(2)17-18(4)12(13)3/h7-9,15,19H,5-6H2,1-4H3. The van der Waals surface area contributed by atoms with E-state index in [0.29, 0.717) is 6.42 Å². The van der Waals surface area contributed by atoms with E-state index in [1.54, 1.807) is 12.4 Å². The van der Waals surface area contributed by atoms with Gasteiger partial charge in [0.2, 0.25) is 0 Å². The largest absolute Gasteiger partial charge is 0.388 e. The molecule has 0 bridgehead atoms. The van der Waals surface area contributed by atoms with Crippen molar-refractivity contribution in [1.82, 2.24) is 14.8 Å². The van der Waals surface area contributed by atoms with Crippen LogP contribution in [0, 0.1) is 20.8 Å². The summed E-state index contributed by atoms with van der Waals surface area (Å²) < 4.78 is 1.90. The molecule has 0 fully saturated rings. The zero-order valence-electron chi connectivity index (χ0n) is 12.0. The molecular weight excluding hydrogens is 238 g/mol. The fourth-order valence-corrected chi connectivity index (χ4v) is 2.44. The fourth-order valence-electron chi connectivity index (χ4n) is 2.44. The highest BCUT2D eigenvalue weighted by Crippen LogP contribution is 2.23. The predicted molar refractivity (Wildman–Crippen MR) is 74.9 cm³/mol. The first-order chi connectivity index (χ1) is 9.00. The summed E-state index contributed by atoms with van der Waals surface area (Å²) in [5, 5.41) is 14.7. The van der Waals surface area contributed by atoms with Gasteiger partial charge in [-0.2, -0.15) is 5.10 Å². The second-order valence-corrected chi connectivity index (χ2v) is 5.06. The molecule has 0 aliphatic rings. The molecule has 0 aliphatic carbocycles. The van der Waals surface area contributed by atoms with Crippen LogP contribution in [-0.4, -0.2) is 19.9 Å². The van der Waals surface area contributed by atoms with Crippen molar-refractivity contribution in [2.45, 2.75) is 39.7 Å².